The minimum Gasteiger partial charge on any atom is -0.444 e. The highest BCUT2D eigenvalue weighted by Gasteiger charge is 2.09. The number of oxazole rings is 1. The molecule has 13 heavy (non-hydrogen) atoms. The van der Waals surface area contributed by atoms with Gasteiger partial charge in [-0.3, -0.25) is 0 Å². The van der Waals surface area contributed by atoms with Crippen LogP contribution in [0.5, 0.6) is 0 Å². The zero-order chi connectivity index (χ0) is 9.68. The molecule has 0 bridgehead atoms. The summed E-state index contributed by atoms with van der Waals surface area (Å²) < 4.78 is 5.56. The maximum Gasteiger partial charge on any atom is 0.208 e. The van der Waals surface area contributed by atoms with Crippen molar-refractivity contribution in [1.82, 2.24) is 10.3 Å². The molecule has 1 aromatic heterocycles. The Morgan fingerprint density at radius 1 is 1.62 bits per heavy atom. The van der Waals surface area contributed by atoms with E-state index < -0.39 is 0 Å². The van der Waals surface area contributed by atoms with Crippen molar-refractivity contribution in [3.05, 3.63) is 17.8 Å². The van der Waals surface area contributed by atoms with Crippen molar-refractivity contribution in [2.75, 3.05) is 7.05 Å². The molecule has 74 valence electrons. The average Bonchev–Trinajstić information content (AvgIpc) is 2.54. The zero-order valence-corrected chi connectivity index (χ0v) is 8.63. The normalized spacial score (nSPS) is 13.2. The summed E-state index contributed by atoms with van der Waals surface area (Å²) in [6.07, 6.45) is 4.18. The topological polar surface area (TPSA) is 38.1 Å². The van der Waals surface area contributed by atoms with Crippen molar-refractivity contribution in [2.45, 2.75) is 39.2 Å². The van der Waals surface area contributed by atoms with Gasteiger partial charge in [-0.05, 0) is 13.5 Å². The number of nitrogens with one attached hydrogen (secondary N) is 1. The summed E-state index contributed by atoms with van der Waals surface area (Å²) in [6, 6.07) is 0. The molecule has 1 rings (SSSR count). The van der Waals surface area contributed by atoms with Crippen LogP contribution in [0, 0.1) is 0 Å². The van der Waals surface area contributed by atoms with Crippen molar-refractivity contribution in [1.29, 1.82) is 0 Å². The predicted octanol–water partition coefficient (Wildman–Crippen LogP) is 2.30. The molecule has 1 heterocycles. The first kappa shape index (κ1) is 10.3. The van der Waals surface area contributed by atoms with E-state index in [4.69, 9.17) is 4.42 Å². The van der Waals surface area contributed by atoms with Gasteiger partial charge in [-0.15, -0.1) is 0 Å². The zero-order valence-electron chi connectivity index (χ0n) is 8.63. The van der Waals surface area contributed by atoms with Gasteiger partial charge in [-0.2, -0.15) is 0 Å². The number of hydrogen-bond acceptors (Lipinski definition) is 3. The first-order valence-electron chi connectivity index (χ1n) is 4.87. The van der Waals surface area contributed by atoms with Crippen molar-refractivity contribution < 1.29 is 4.42 Å². The molecule has 0 saturated carbocycles. The van der Waals surface area contributed by atoms with Gasteiger partial charge in [0.15, 0.2) is 0 Å². The third-order valence-corrected chi connectivity index (χ3v) is 2.11. The standard InChI is InChI=1S/C10H18N2O/c1-4-5-8(2)9-6-12-10(13-9)7-11-3/h6,8,11H,4-5,7H2,1-3H3. The summed E-state index contributed by atoms with van der Waals surface area (Å²) in [4.78, 5) is 4.18. The van der Waals surface area contributed by atoms with Crippen molar-refractivity contribution in [3.63, 3.8) is 0 Å². The van der Waals surface area contributed by atoms with Crippen LogP contribution in [-0.2, 0) is 6.54 Å². The van der Waals surface area contributed by atoms with E-state index in [2.05, 4.69) is 24.1 Å². The van der Waals surface area contributed by atoms with Crippen molar-refractivity contribution >= 4 is 0 Å². The van der Waals surface area contributed by atoms with E-state index in [1.54, 1.807) is 0 Å². The van der Waals surface area contributed by atoms with Crippen LogP contribution in [0.4, 0.5) is 0 Å². The summed E-state index contributed by atoms with van der Waals surface area (Å²) in [5.41, 5.74) is 0. The Hall–Kier alpha value is -0.830. The number of nitrogens with zero attached hydrogens (tertiary/aromatic N) is 1. The average molecular weight is 182 g/mol. The molecular formula is C10H18N2O. The molecule has 0 fully saturated rings. The first-order valence-corrected chi connectivity index (χ1v) is 4.87. The molecule has 0 aliphatic heterocycles. The van der Waals surface area contributed by atoms with E-state index >= 15 is 0 Å². The van der Waals surface area contributed by atoms with Gasteiger partial charge in [0.05, 0.1) is 12.7 Å². The van der Waals surface area contributed by atoms with Crippen LogP contribution in [0.3, 0.4) is 0 Å². The lowest BCUT2D eigenvalue weighted by Crippen LogP contribution is -2.04. The monoisotopic (exact) mass is 182 g/mol. The first-order chi connectivity index (χ1) is 6.27. The molecule has 3 nitrogen and oxygen atoms in total. The van der Waals surface area contributed by atoms with E-state index in [0.717, 1.165) is 18.1 Å². The van der Waals surface area contributed by atoms with Crippen molar-refractivity contribution in [2.24, 2.45) is 0 Å². The Balaban J connectivity index is 2.56. The summed E-state index contributed by atoms with van der Waals surface area (Å²) in [7, 11) is 1.89. The van der Waals surface area contributed by atoms with Crippen LogP contribution in [0.2, 0.25) is 0 Å². The number of hydrogen-bond donors (Lipinski definition) is 1. The third-order valence-electron chi connectivity index (χ3n) is 2.11. The molecular weight excluding hydrogens is 164 g/mol. The molecule has 1 aromatic rings. The fourth-order valence-electron chi connectivity index (χ4n) is 1.36. The smallest absolute Gasteiger partial charge is 0.208 e. The van der Waals surface area contributed by atoms with Crippen molar-refractivity contribution in [3.8, 4) is 0 Å². The van der Waals surface area contributed by atoms with E-state index in [-0.39, 0.29) is 0 Å². The maximum atomic E-state index is 5.56. The second-order valence-corrected chi connectivity index (χ2v) is 3.38. The van der Waals surface area contributed by atoms with Crippen LogP contribution >= 0.6 is 0 Å². The minimum absolute atomic E-state index is 0.489. The molecule has 0 saturated heterocycles. The van der Waals surface area contributed by atoms with E-state index in [0.29, 0.717) is 12.5 Å². The Labute approximate surface area is 79.5 Å². The van der Waals surface area contributed by atoms with Gasteiger partial charge >= 0.3 is 0 Å². The van der Waals surface area contributed by atoms with Crippen LogP contribution < -0.4 is 5.32 Å². The highest BCUT2D eigenvalue weighted by molar-refractivity contribution is 5.00. The van der Waals surface area contributed by atoms with Gasteiger partial charge in [0.25, 0.3) is 0 Å². The van der Waals surface area contributed by atoms with E-state index in [1.807, 2.05) is 13.2 Å². The fourth-order valence-corrected chi connectivity index (χ4v) is 1.36. The lowest BCUT2D eigenvalue weighted by atomic mass is 10.0. The molecule has 0 aromatic carbocycles. The highest BCUT2D eigenvalue weighted by Crippen LogP contribution is 2.20. The van der Waals surface area contributed by atoms with Gasteiger partial charge in [-0.1, -0.05) is 20.3 Å². The van der Waals surface area contributed by atoms with Gasteiger partial charge in [-0.25, -0.2) is 4.98 Å². The second kappa shape index (κ2) is 5.02. The largest absolute Gasteiger partial charge is 0.444 e. The van der Waals surface area contributed by atoms with Crippen LogP contribution in [-0.4, -0.2) is 12.0 Å². The molecule has 1 atom stereocenters. The van der Waals surface area contributed by atoms with E-state index in [9.17, 15) is 0 Å². The Bertz CT molecular complexity index is 245. The predicted molar refractivity (Wildman–Crippen MR) is 52.6 cm³/mol. The summed E-state index contributed by atoms with van der Waals surface area (Å²) >= 11 is 0. The fraction of sp³-hybridized carbons (Fsp3) is 0.700. The molecule has 0 aliphatic rings. The quantitative estimate of drug-likeness (QED) is 0.759. The van der Waals surface area contributed by atoms with Gasteiger partial charge in [0.1, 0.15) is 5.76 Å². The Morgan fingerprint density at radius 3 is 3.00 bits per heavy atom. The second-order valence-electron chi connectivity index (χ2n) is 3.38. The lowest BCUT2D eigenvalue weighted by Gasteiger charge is -2.04. The van der Waals surface area contributed by atoms with E-state index in [1.165, 1.54) is 6.42 Å². The third kappa shape index (κ3) is 2.84. The number of aromatic nitrogens is 1. The van der Waals surface area contributed by atoms with Crippen LogP contribution in [0.15, 0.2) is 10.6 Å². The molecule has 3 heteroatoms. The molecule has 0 spiro atoms. The summed E-state index contributed by atoms with van der Waals surface area (Å²) in [6.45, 7) is 5.06. The van der Waals surface area contributed by atoms with Gasteiger partial charge < -0.3 is 9.73 Å². The molecule has 0 aliphatic carbocycles. The highest BCUT2D eigenvalue weighted by atomic mass is 16.4. The Kier molecular flexibility index (Phi) is 3.96. The SMILES string of the molecule is CCCC(C)c1cnc(CNC)o1. The molecule has 1 unspecified atom stereocenters. The maximum absolute atomic E-state index is 5.56. The molecule has 1 N–H and O–H groups in total. The summed E-state index contributed by atoms with van der Waals surface area (Å²) in [5.74, 6) is 2.27. The van der Waals surface area contributed by atoms with Gasteiger partial charge in [0, 0.05) is 5.92 Å². The minimum atomic E-state index is 0.489. The Morgan fingerprint density at radius 2 is 2.38 bits per heavy atom. The van der Waals surface area contributed by atoms with Crippen LogP contribution in [0.1, 0.15) is 44.3 Å². The van der Waals surface area contributed by atoms with Crippen LogP contribution in [0.25, 0.3) is 0 Å². The molecule has 0 radical (unpaired) electrons. The van der Waals surface area contributed by atoms with Gasteiger partial charge in [0.2, 0.25) is 5.89 Å². The summed E-state index contributed by atoms with van der Waals surface area (Å²) in [5, 5.41) is 3.01. The number of rotatable bonds is 5. The molecule has 0 amide bonds. The lowest BCUT2D eigenvalue weighted by molar-refractivity contribution is 0.414.